The lowest BCUT2D eigenvalue weighted by Crippen LogP contribution is -2.19. The molecule has 0 aromatic heterocycles. The topological polar surface area (TPSA) is 21.3 Å². The Kier molecular flexibility index (Phi) is 6.33. The number of benzene rings is 1. The van der Waals surface area contributed by atoms with Gasteiger partial charge in [0.15, 0.2) is 0 Å². The standard InChI is InChI=1S/C15H22F3NO/c1-4-19-12(3)13-7-6-11(2)10-14(13)20-9-5-8-15(16,17)18/h6-7,10,12,19H,4-5,8-9H2,1-3H3. The highest BCUT2D eigenvalue weighted by Gasteiger charge is 2.26. The van der Waals surface area contributed by atoms with Crippen molar-refractivity contribution in [1.29, 1.82) is 0 Å². The summed E-state index contributed by atoms with van der Waals surface area (Å²) < 4.78 is 41.8. The molecule has 1 N–H and O–H groups in total. The fourth-order valence-corrected chi connectivity index (χ4v) is 2.00. The van der Waals surface area contributed by atoms with Crippen LogP contribution in [0.2, 0.25) is 0 Å². The molecule has 0 radical (unpaired) electrons. The van der Waals surface area contributed by atoms with Crippen LogP contribution in [-0.2, 0) is 0 Å². The molecule has 0 bridgehead atoms. The average Bonchev–Trinajstić information content (AvgIpc) is 2.34. The van der Waals surface area contributed by atoms with Crippen molar-refractivity contribution in [3.63, 3.8) is 0 Å². The molecule has 114 valence electrons. The van der Waals surface area contributed by atoms with Gasteiger partial charge in [-0.3, -0.25) is 0 Å². The lowest BCUT2D eigenvalue weighted by atomic mass is 10.0. The maximum atomic E-state index is 12.1. The Morgan fingerprint density at radius 1 is 1.30 bits per heavy atom. The second kappa shape index (κ2) is 7.53. The smallest absolute Gasteiger partial charge is 0.389 e. The van der Waals surface area contributed by atoms with E-state index in [2.05, 4.69) is 5.32 Å². The van der Waals surface area contributed by atoms with E-state index in [0.717, 1.165) is 17.7 Å². The minimum atomic E-state index is -4.12. The second-order valence-electron chi connectivity index (χ2n) is 4.89. The zero-order chi connectivity index (χ0) is 15.2. The molecule has 0 aliphatic carbocycles. The minimum absolute atomic E-state index is 0.0214. The van der Waals surface area contributed by atoms with Crippen LogP contribution in [0.25, 0.3) is 0 Å². The third-order valence-electron chi connectivity index (χ3n) is 3.01. The minimum Gasteiger partial charge on any atom is -0.493 e. The maximum absolute atomic E-state index is 12.1. The average molecular weight is 289 g/mol. The molecular formula is C15H22F3NO. The second-order valence-corrected chi connectivity index (χ2v) is 4.89. The van der Waals surface area contributed by atoms with Gasteiger partial charge in [-0.1, -0.05) is 19.1 Å². The van der Waals surface area contributed by atoms with Crippen molar-refractivity contribution in [1.82, 2.24) is 5.32 Å². The molecule has 0 aliphatic heterocycles. The number of nitrogens with one attached hydrogen (secondary N) is 1. The first-order chi connectivity index (χ1) is 9.33. The van der Waals surface area contributed by atoms with E-state index in [0.29, 0.717) is 5.75 Å². The third-order valence-corrected chi connectivity index (χ3v) is 3.01. The molecule has 1 aromatic carbocycles. The SMILES string of the molecule is CCNC(C)c1ccc(C)cc1OCCCC(F)(F)F. The fraction of sp³-hybridized carbons (Fsp3) is 0.600. The first-order valence-electron chi connectivity index (χ1n) is 6.87. The number of hydrogen-bond donors (Lipinski definition) is 1. The largest absolute Gasteiger partial charge is 0.493 e. The summed E-state index contributed by atoms with van der Waals surface area (Å²) in [5.41, 5.74) is 2.01. The molecule has 0 spiro atoms. The van der Waals surface area contributed by atoms with Gasteiger partial charge in [-0.15, -0.1) is 0 Å². The molecule has 0 aliphatic rings. The van der Waals surface area contributed by atoms with E-state index in [4.69, 9.17) is 4.74 Å². The van der Waals surface area contributed by atoms with Gasteiger partial charge < -0.3 is 10.1 Å². The molecular weight excluding hydrogens is 267 g/mol. The van der Waals surface area contributed by atoms with Crippen molar-refractivity contribution in [2.75, 3.05) is 13.2 Å². The van der Waals surface area contributed by atoms with Gasteiger partial charge in [0.05, 0.1) is 6.61 Å². The van der Waals surface area contributed by atoms with E-state index in [9.17, 15) is 13.2 Å². The number of halogens is 3. The molecule has 20 heavy (non-hydrogen) atoms. The van der Waals surface area contributed by atoms with E-state index >= 15 is 0 Å². The van der Waals surface area contributed by atoms with Gasteiger partial charge in [0.1, 0.15) is 5.75 Å². The molecule has 1 aromatic rings. The van der Waals surface area contributed by atoms with Crippen LogP contribution >= 0.6 is 0 Å². The van der Waals surface area contributed by atoms with Crippen LogP contribution in [-0.4, -0.2) is 19.3 Å². The summed E-state index contributed by atoms with van der Waals surface area (Å²) in [5.74, 6) is 0.667. The van der Waals surface area contributed by atoms with Crippen LogP contribution < -0.4 is 10.1 Å². The van der Waals surface area contributed by atoms with Crippen molar-refractivity contribution in [2.24, 2.45) is 0 Å². The van der Waals surface area contributed by atoms with E-state index in [1.54, 1.807) is 0 Å². The van der Waals surface area contributed by atoms with Crippen molar-refractivity contribution < 1.29 is 17.9 Å². The highest BCUT2D eigenvalue weighted by molar-refractivity contribution is 5.39. The van der Waals surface area contributed by atoms with Crippen molar-refractivity contribution in [2.45, 2.75) is 45.8 Å². The Hall–Kier alpha value is -1.23. The van der Waals surface area contributed by atoms with Crippen LogP contribution in [0.1, 0.15) is 43.9 Å². The number of aryl methyl sites for hydroxylation is 1. The van der Waals surface area contributed by atoms with Gasteiger partial charge in [-0.05, 0) is 38.4 Å². The van der Waals surface area contributed by atoms with Gasteiger partial charge in [-0.25, -0.2) is 0 Å². The van der Waals surface area contributed by atoms with Crippen molar-refractivity contribution in [3.05, 3.63) is 29.3 Å². The predicted octanol–water partition coefficient (Wildman–Crippen LogP) is 4.39. The van der Waals surface area contributed by atoms with E-state index in [1.165, 1.54) is 0 Å². The summed E-state index contributed by atoms with van der Waals surface area (Å²) in [4.78, 5) is 0. The number of hydrogen-bond acceptors (Lipinski definition) is 2. The van der Waals surface area contributed by atoms with Crippen LogP contribution in [0, 0.1) is 6.92 Å². The lowest BCUT2D eigenvalue weighted by molar-refractivity contribution is -0.136. The zero-order valence-corrected chi connectivity index (χ0v) is 12.2. The Morgan fingerprint density at radius 3 is 2.60 bits per heavy atom. The van der Waals surface area contributed by atoms with Crippen LogP contribution in [0.5, 0.6) is 5.75 Å². The highest BCUT2D eigenvalue weighted by Crippen LogP contribution is 2.27. The van der Waals surface area contributed by atoms with Crippen molar-refractivity contribution >= 4 is 0 Å². The zero-order valence-electron chi connectivity index (χ0n) is 12.2. The molecule has 1 unspecified atom stereocenters. The first kappa shape index (κ1) is 16.8. The molecule has 1 atom stereocenters. The van der Waals surface area contributed by atoms with Gasteiger partial charge in [0.2, 0.25) is 0 Å². The summed E-state index contributed by atoms with van der Waals surface area (Å²) in [5, 5.41) is 3.28. The monoisotopic (exact) mass is 289 g/mol. The molecule has 1 rings (SSSR count). The van der Waals surface area contributed by atoms with Gasteiger partial charge >= 0.3 is 6.18 Å². The van der Waals surface area contributed by atoms with E-state index in [-0.39, 0.29) is 19.1 Å². The van der Waals surface area contributed by atoms with Gasteiger partial charge in [0, 0.05) is 18.0 Å². The van der Waals surface area contributed by atoms with Crippen LogP contribution in [0.3, 0.4) is 0 Å². The summed E-state index contributed by atoms with van der Waals surface area (Å²) >= 11 is 0. The molecule has 0 heterocycles. The van der Waals surface area contributed by atoms with Crippen LogP contribution in [0.4, 0.5) is 13.2 Å². The summed E-state index contributed by atoms with van der Waals surface area (Å²) in [6.07, 6.45) is -4.95. The number of rotatable bonds is 7. The quantitative estimate of drug-likeness (QED) is 0.752. The predicted molar refractivity (Wildman–Crippen MR) is 74.1 cm³/mol. The number of ether oxygens (including phenoxy) is 1. The summed E-state index contributed by atoms with van der Waals surface area (Å²) in [7, 11) is 0. The fourth-order valence-electron chi connectivity index (χ4n) is 2.00. The molecule has 0 saturated heterocycles. The Labute approximate surface area is 118 Å². The molecule has 0 amide bonds. The Balaban J connectivity index is 2.65. The molecule has 0 fully saturated rings. The first-order valence-corrected chi connectivity index (χ1v) is 6.87. The van der Waals surface area contributed by atoms with E-state index in [1.807, 2.05) is 39.0 Å². The Bertz CT molecular complexity index is 418. The lowest BCUT2D eigenvalue weighted by Gasteiger charge is -2.18. The highest BCUT2D eigenvalue weighted by atomic mass is 19.4. The molecule has 2 nitrogen and oxygen atoms in total. The van der Waals surface area contributed by atoms with E-state index < -0.39 is 12.6 Å². The van der Waals surface area contributed by atoms with Gasteiger partial charge in [-0.2, -0.15) is 13.2 Å². The summed E-state index contributed by atoms with van der Waals surface area (Å²) in [6, 6.07) is 5.92. The number of alkyl halides is 3. The normalized spacial score (nSPS) is 13.3. The Morgan fingerprint density at radius 2 is 2.00 bits per heavy atom. The van der Waals surface area contributed by atoms with Crippen LogP contribution in [0.15, 0.2) is 18.2 Å². The third kappa shape index (κ3) is 5.82. The maximum Gasteiger partial charge on any atom is 0.389 e. The summed E-state index contributed by atoms with van der Waals surface area (Å²) in [6.45, 7) is 6.85. The molecule has 5 heteroatoms. The van der Waals surface area contributed by atoms with Gasteiger partial charge in [0.25, 0.3) is 0 Å². The molecule has 0 saturated carbocycles. The van der Waals surface area contributed by atoms with Crippen molar-refractivity contribution in [3.8, 4) is 5.75 Å².